The summed E-state index contributed by atoms with van der Waals surface area (Å²) in [6.45, 7) is 0.387. The molecule has 6 nitrogen and oxygen atoms in total. The minimum Gasteiger partial charge on any atom is -0.332 e. The zero-order chi connectivity index (χ0) is 13.2. The summed E-state index contributed by atoms with van der Waals surface area (Å²) in [5.41, 5.74) is 6.60. The van der Waals surface area contributed by atoms with E-state index >= 15 is 0 Å². The highest BCUT2D eigenvalue weighted by Crippen LogP contribution is 2.26. The number of hydrogen-bond acceptors (Lipinski definition) is 7. The predicted octanol–water partition coefficient (Wildman–Crippen LogP) is 2.37. The fourth-order valence-electron chi connectivity index (χ4n) is 1.48. The maximum absolute atomic E-state index is 6.03. The lowest BCUT2D eigenvalue weighted by Gasteiger charge is -1.94. The first-order valence-corrected chi connectivity index (χ1v) is 6.63. The van der Waals surface area contributed by atoms with Gasteiger partial charge >= 0.3 is 0 Å². The number of halogens is 1. The summed E-state index contributed by atoms with van der Waals surface area (Å²) in [7, 11) is 0. The average Bonchev–Trinajstić information content (AvgIpc) is 3.08. The number of hydrogen-bond donors (Lipinski definition) is 1. The molecule has 0 radical (unpaired) electrons. The molecule has 19 heavy (non-hydrogen) atoms. The molecule has 0 aromatic carbocycles. The van der Waals surface area contributed by atoms with E-state index < -0.39 is 0 Å². The molecule has 0 saturated heterocycles. The normalized spacial score (nSPS) is 10.8. The summed E-state index contributed by atoms with van der Waals surface area (Å²) in [5.74, 6) is 0.663. The van der Waals surface area contributed by atoms with Crippen LogP contribution in [-0.4, -0.2) is 20.1 Å². The molecule has 0 aliphatic carbocycles. The van der Waals surface area contributed by atoms with E-state index in [0.29, 0.717) is 34.7 Å². The SMILES string of the molecule is NCc1nc(-c2nc(-c3ncccc3Cl)no2)cs1. The highest BCUT2D eigenvalue weighted by atomic mass is 35.5. The van der Waals surface area contributed by atoms with Gasteiger partial charge in [0, 0.05) is 18.1 Å². The second-order valence-electron chi connectivity index (χ2n) is 3.59. The summed E-state index contributed by atoms with van der Waals surface area (Å²) in [6.07, 6.45) is 1.62. The Morgan fingerprint density at radius 3 is 3.00 bits per heavy atom. The average molecular weight is 294 g/mol. The van der Waals surface area contributed by atoms with Gasteiger partial charge in [-0.1, -0.05) is 16.8 Å². The zero-order valence-electron chi connectivity index (χ0n) is 9.58. The molecule has 0 unspecified atom stereocenters. The maximum Gasteiger partial charge on any atom is 0.277 e. The van der Waals surface area contributed by atoms with Gasteiger partial charge in [0.1, 0.15) is 16.4 Å². The molecule has 2 N–H and O–H groups in total. The summed E-state index contributed by atoms with van der Waals surface area (Å²) in [6, 6.07) is 3.45. The second-order valence-corrected chi connectivity index (χ2v) is 4.94. The first-order valence-electron chi connectivity index (χ1n) is 5.37. The summed E-state index contributed by atoms with van der Waals surface area (Å²) in [5, 5.41) is 6.96. The van der Waals surface area contributed by atoms with Crippen LogP contribution in [0.2, 0.25) is 5.02 Å². The topological polar surface area (TPSA) is 90.7 Å². The fourth-order valence-corrected chi connectivity index (χ4v) is 2.33. The van der Waals surface area contributed by atoms with Crippen LogP contribution >= 0.6 is 22.9 Å². The number of nitrogens with zero attached hydrogens (tertiary/aromatic N) is 4. The van der Waals surface area contributed by atoms with Crippen LogP contribution in [0, 0.1) is 0 Å². The number of aromatic nitrogens is 4. The highest BCUT2D eigenvalue weighted by molar-refractivity contribution is 7.09. The molecule has 0 aliphatic heterocycles. The van der Waals surface area contributed by atoms with Crippen LogP contribution in [0.5, 0.6) is 0 Å². The Bertz CT molecular complexity index is 710. The Kier molecular flexibility index (Phi) is 3.24. The van der Waals surface area contributed by atoms with Gasteiger partial charge < -0.3 is 10.3 Å². The van der Waals surface area contributed by atoms with Crippen molar-refractivity contribution < 1.29 is 4.52 Å². The molecule has 0 fully saturated rings. The molecule has 0 atom stereocenters. The third-order valence-corrected chi connectivity index (χ3v) is 3.52. The van der Waals surface area contributed by atoms with Crippen molar-refractivity contribution in [1.29, 1.82) is 0 Å². The van der Waals surface area contributed by atoms with E-state index in [0.717, 1.165) is 5.01 Å². The molecular weight excluding hydrogens is 286 g/mol. The summed E-state index contributed by atoms with van der Waals surface area (Å²) >= 11 is 7.47. The lowest BCUT2D eigenvalue weighted by molar-refractivity contribution is 0.431. The first kappa shape index (κ1) is 12.2. The smallest absolute Gasteiger partial charge is 0.277 e. The van der Waals surface area contributed by atoms with Crippen molar-refractivity contribution in [3.05, 3.63) is 33.7 Å². The molecule has 3 aromatic heterocycles. The molecule has 96 valence electrons. The van der Waals surface area contributed by atoms with Crippen LogP contribution in [-0.2, 0) is 6.54 Å². The molecule has 8 heteroatoms. The van der Waals surface area contributed by atoms with E-state index in [2.05, 4.69) is 20.1 Å². The third kappa shape index (κ3) is 2.35. The Morgan fingerprint density at radius 2 is 2.26 bits per heavy atom. The molecule has 0 amide bonds. The molecule has 3 rings (SSSR count). The van der Waals surface area contributed by atoms with Crippen LogP contribution in [0.25, 0.3) is 23.1 Å². The predicted molar refractivity (Wildman–Crippen MR) is 71.5 cm³/mol. The Labute approximate surface area is 117 Å². The van der Waals surface area contributed by atoms with Gasteiger partial charge in [-0.25, -0.2) is 4.98 Å². The van der Waals surface area contributed by atoms with E-state index in [9.17, 15) is 0 Å². The quantitative estimate of drug-likeness (QED) is 0.797. The van der Waals surface area contributed by atoms with Gasteiger partial charge in [0.2, 0.25) is 5.82 Å². The van der Waals surface area contributed by atoms with Crippen LogP contribution in [0.15, 0.2) is 28.2 Å². The van der Waals surface area contributed by atoms with Crippen molar-refractivity contribution in [2.75, 3.05) is 0 Å². The molecule has 0 spiro atoms. The third-order valence-electron chi connectivity index (χ3n) is 2.34. The number of rotatable bonds is 3. The molecule has 3 aromatic rings. The number of pyridine rings is 1. The van der Waals surface area contributed by atoms with Crippen molar-refractivity contribution in [3.63, 3.8) is 0 Å². The van der Waals surface area contributed by atoms with Gasteiger partial charge in [-0.15, -0.1) is 11.3 Å². The minimum absolute atomic E-state index is 0.327. The van der Waals surface area contributed by atoms with E-state index in [1.165, 1.54) is 11.3 Å². The maximum atomic E-state index is 6.03. The largest absolute Gasteiger partial charge is 0.332 e. The molecule has 0 bridgehead atoms. The number of nitrogens with two attached hydrogens (primary N) is 1. The monoisotopic (exact) mass is 293 g/mol. The van der Waals surface area contributed by atoms with E-state index in [1.807, 2.05) is 5.38 Å². The van der Waals surface area contributed by atoms with Gasteiger partial charge in [-0.05, 0) is 12.1 Å². The van der Waals surface area contributed by atoms with E-state index in [4.69, 9.17) is 21.9 Å². The molecule has 3 heterocycles. The Morgan fingerprint density at radius 1 is 1.37 bits per heavy atom. The lowest BCUT2D eigenvalue weighted by Crippen LogP contribution is -1.94. The van der Waals surface area contributed by atoms with Gasteiger partial charge in [-0.2, -0.15) is 4.98 Å². The van der Waals surface area contributed by atoms with E-state index in [-0.39, 0.29) is 0 Å². The van der Waals surface area contributed by atoms with Gasteiger partial charge in [-0.3, -0.25) is 4.98 Å². The van der Waals surface area contributed by atoms with Crippen molar-refractivity contribution in [3.8, 4) is 23.1 Å². The number of thiazole rings is 1. The van der Waals surface area contributed by atoms with Crippen LogP contribution in [0.3, 0.4) is 0 Å². The lowest BCUT2D eigenvalue weighted by atomic mass is 10.3. The Balaban J connectivity index is 1.97. The Hall–Kier alpha value is -1.83. The zero-order valence-corrected chi connectivity index (χ0v) is 11.1. The van der Waals surface area contributed by atoms with E-state index in [1.54, 1.807) is 18.3 Å². The molecular formula is C11H8ClN5OS. The minimum atomic E-state index is 0.327. The fraction of sp³-hybridized carbons (Fsp3) is 0.0909. The van der Waals surface area contributed by atoms with Crippen LogP contribution in [0.1, 0.15) is 5.01 Å². The summed E-state index contributed by atoms with van der Waals surface area (Å²) < 4.78 is 5.16. The van der Waals surface area contributed by atoms with Gasteiger partial charge in [0.05, 0.1) is 5.02 Å². The second kappa shape index (κ2) is 5.04. The molecule has 0 saturated carbocycles. The van der Waals surface area contributed by atoms with Gasteiger partial charge in [0.25, 0.3) is 5.89 Å². The van der Waals surface area contributed by atoms with Crippen LogP contribution in [0.4, 0.5) is 0 Å². The standard InChI is InChI=1S/C11H8ClN5OS/c12-6-2-1-3-14-9(6)10-16-11(18-17-10)7-5-19-8(4-13)15-7/h1-3,5H,4,13H2. The van der Waals surface area contributed by atoms with Gasteiger partial charge in [0.15, 0.2) is 0 Å². The van der Waals surface area contributed by atoms with Crippen molar-refractivity contribution in [1.82, 2.24) is 20.1 Å². The molecule has 0 aliphatic rings. The highest BCUT2D eigenvalue weighted by Gasteiger charge is 2.15. The summed E-state index contributed by atoms with van der Waals surface area (Å²) in [4.78, 5) is 12.6. The van der Waals surface area contributed by atoms with Crippen molar-refractivity contribution in [2.24, 2.45) is 5.73 Å². The van der Waals surface area contributed by atoms with Crippen molar-refractivity contribution >= 4 is 22.9 Å². The first-order chi connectivity index (χ1) is 9.28. The van der Waals surface area contributed by atoms with Crippen LogP contribution < -0.4 is 5.73 Å². The van der Waals surface area contributed by atoms with Crippen molar-refractivity contribution in [2.45, 2.75) is 6.54 Å².